The number of anilines is 1. The van der Waals surface area contributed by atoms with E-state index in [4.69, 9.17) is 16.4 Å². The van der Waals surface area contributed by atoms with Crippen molar-refractivity contribution in [3.63, 3.8) is 0 Å². The lowest BCUT2D eigenvalue weighted by Gasteiger charge is -2.24. The van der Waals surface area contributed by atoms with Crippen LogP contribution in [0.5, 0.6) is 0 Å². The van der Waals surface area contributed by atoms with E-state index < -0.39 is 0 Å². The Labute approximate surface area is 266 Å². The molecule has 0 aliphatic heterocycles. The second-order valence-corrected chi connectivity index (χ2v) is 11.6. The number of carbonyl (C=O) groups is 2. The summed E-state index contributed by atoms with van der Waals surface area (Å²) in [4.78, 5) is 25.9. The summed E-state index contributed by atoms with van der Waals surface area (Å²) in [6, 6.07) is 11.2. The zero-order valence-corrected chi connectivity index (χ0v) is 29.4. The molecule has 43 heavy (non-hydrogen) atoms. The number of nitrogens with one attached hydrogen (secondary N) is 1. The second kappa shape index (κ2) is 23.4. The number of benzene rings is 1. The van der Waals surface area contributed by atoms with Gasteiger partial charge in [-0.1, -0.05) is 76.0 Å². The Hall–Kier alpha value is -3.07. The average molecular weight is 618 g/mol. The Morgan fingerprint density at radius 1 is 1.07 bits per heavy atom. The first-order chi connectivity index (χ1) is 20.2. The average Bonchev–Trinajstić information content (AvgIpc) is 3.45. The van der Waals surface area contributed by atoms with Gasteiger partial charge in [0.25, 0.3) is 0 Å². The Morgan fingerprint density at radius 3 is 1.95 bits per heavy atom. The Kier molecular flexibility index (Phi) is 22.9. The van der Waals surface area contributed by atoms with Crippen molar-refractivity contribution in [1.29, 1.82) is 0 Å². The molecule has 8 nitrogen and oxygen atoms in total. The SMILES string of the molecule is C=O.CCCN(CCC)C(C)C.CNc1cc(Cl)cnc1-n1cc(C(C)=O)cn1.COC.Cc1ccc(C(C)(C)C)cc1. The number of halogens is 1. The van der Waals surface area contributed by atoms with Crippen LogP contribution < -0.4 is 5.32 Å². The Bertz CT molecular complexity index is 1140. The van der Waals surface area contributed by atoms with E-state index in [1.807, 2.05) is 6.79 Å². The molecular weight excluding hydrogens is 562 g/mol. The molecule has 0 aliphatic rings. The number of ketones is 1. The summed E-state index contributed by atoms with van der Waals surface area (Å²) in [5.74, 6) is 0.570. The Morgan fingerprint density at radius 2 is 1.58 bits per heavy atom. The molecule has 0 unspecified atom stereocenters. The molecule has 2 heterocycles. The summed E-state index contributed by atoms with van der Waals surface area (Å²) in [6.07, 6.45) is 7.24. The van der Waals surface area contributed by atoms with Crippen molar-refractivity contribution in [2.45, 2.75) is 86.6 Å². The number of pyridine rings is 1. The molecular formula is C34H56ClN5O3. The lowest BCUT2D eigenvalue weighted by molar-refractivity contribution is -0.0980. The number of hydrogen-bond acceptors (Lipinski definition) is 7. The highest BCUT2D eigenvalue weighted by molar-refractivity contribution is 6.30. The summed E-state index contributed by atoms with van der Waals surface area (Å²) in [6.45, 7) is 23.8. The standard InChI is InChI=1S/C11H11ClN4O.C11H16.C9H21N.C2H6O.CH2O/c1-7(17)8-4-15-16(6-8)11-10(13-2)3-9(12)5-14-11;1-9-5-7-10(8-6-9)11(2,3)4;1-5-7-10(8-6-2)9(3)4;1-3-2;1-2/h3-6,13H,1-2H3;5-8H,1-4H3;9H,5-8H2,1-4H3;1-2H3;1H2. The monoisotopic (exact) mass is 617 g/mol. The number of rotatable bonds is 8. The highest BCUT2D eigenvalue weighted by Crippen LogP contribution is 2.22. The van der Waals surface area contributed by atoms with Gasteiger partial charge in [0.05, 0.1) is 22.5 Å². The zero-order chi connectivity index (χ0) is 33.6. The molecule has 0 radical (unpaired) electrons. The maximum absolute atomic E-state index is 11.2. The zero-order valence-electron chi connectivity index (χ0n) is 28.6. The van der Waals surface area contributed by atoms with E-state index >= 15 is 0 Å². The molecule has 3 rings (SSSR count). The van der Waals surface area contributed by atoms with Gasteiger partial charge in [-0.25, -0.2) is 9.67 Å². The molecule has 242 valence electrons. The lowest BCUT2D eigenvalue weighted by Crippen LogP contribution is -2.32. The topological polar surface area (TPSA) is 89.4 Å². The summed E-state index contributed by atoms with van der Waals surface area (Å²) in [5.41, 5.74) is 4.31. The molecule has 0 atom stereocenters. The normalized spacial score (nSPS) is 10.2. The van der Waals surface area contributed by atoms with E-state index in [1.54, 1.807) is 38.2 Å². The van der Waals surface area contributed by atoms with Gasteiger partial charge in [0.1, 0.15) is 6.79 Å². The van der Waals surface area contributed by atoms with Crippen molar-refractivity contribution in [2.75, 3.05) is 39.7 Å². The first kappa shape index (κ1) is 42.1. The van der Waals surface area contributed by atoms with Crippen LogP contribution in [0.25, 0.3) is 5.82 Å². The molecule has 1 N–H and O–H groups in total. The van der Waals surface area contributed by atoms with E-state index in [-0.39, 0.29) is 11.2 Å². The van der Waals surface area contributed by atoms with Gasteiger partial charge < -0.3 is 19.7 Å². The number of hydrogen-bond donors (Lipinski definition) is 1. The number of aryl methyl sites for hydroxylation is 1. The van der Waals surface area contributed by atoms with Crippen molar-refractivity contribution in [3.05, 3.63) is 70.6 Å². The number of Topliss-reactive ketones (excluding diaryl/α,β-unsaturated/α-hetero) is 1. The van der Waals surface area contributed by atoms with Crippen LogP contribution in [0.4, 0.5) is 5.69 Å². The van der Waals surface area contributed by atoms with Crippen LogP contribution in [0.2, 0.25) is 5.02 Å². The maximum atomic E-state index is 11.2. The van der Waals surface area contributed by atoms with Crippen LogP contribution in [-0.4, -0.2) is 72.6 Å². The second-order valence-electron chi connectivity index (χ2n) is 11.2. The molecule has 0 saturated heterocycles. The van der Waals surface area contributed by atoms with Crippen LogP contribution in [-0.2, 0) is 14.9 Å². The summed E-state index contributed by atoms with van der Waals surface area (Å²) < 4.78 is 5.79. The van der Waals surface area contributed by atoms with Crippen molar-refractivity contribution < 1.29 is 14.3 Å². The minimum atomic E-state index is -0.0313. The third-order valence-electron chi connectivity index (χ3n) is 5.98. The van der Waals surface area contributed by atoms with Gasteiger partial charge in [0.15, 0.2) is 11.6 Å². The molecule has 0 spiro atoms. The van der Waals surface area contributed by atoms with Gasteiger partial charge in [0.2, 0.25) is 0 Å². The molecule has 0 amide bonds. The molecule has 0 bridgehead atoms. The fourth-order valence-corrected chi connectivity index (χ4v) is 3.83. The Balaban J connectivity index is 0. The van der Waals surface area contributed by atoms with E-state index in [2.05, 4.69) is 105 Å². The van der Waals surface area contributed by atoms with Gasteiger partial charge in [-0.3, -0.25) is 4.79 Å². The molecule has 1 aromatic carbocycles. The number of methoxy groups -OCH3 is 1. The van der Waals surface area contributed by atoms with Crippen molar-refractivity contribution >= 4 is 29.9 Å². The summed E-state index contributed by atoms with van der Waals surface area (Å²) >= 11 is 5.85. The van der Waals surface area contributed by atoms with Crippen LogP contribution in [0.3, 0.4) is 0 Å². The highest BCUT2D eigenvalue weighted by atomic mass is 35.5. The van der Waals surface area contributed by atoms with Crippen LogP contribution >= 0.6 is 11.6 Å². The van der Waals surface area contributed by atoms with E-state index in [0.29, 0.717) is 16.4 Å². The maximum Gasteiger partial charge on any atom is 0.176 e. The smallest absolute Gasteiger partial charge is 0.176 e. The first-order valence-corrected chi connectivity index (χ1v) is 15.0. The number of nitrogens with zero attached hydrogens (tertiary/aromatic N) is 4. The first-order valence-electron chi connectivity index (χ1n) is 14.6. The van der Waals surface area contributed by atoms with E-state index in [9.17, 15) is 4.79 Å². The van der Waals surface area contributed by atoms with E-state index in [1.165, 1.54) is 56.4 Å². The third kappa shape index (κ3) is 17.6. The van der Waals surface area contributed by atoms with Crippen molar-refractivity contribution in [3.8, 4) is 5.82 Å². The van der Waals surface area contributed by atoms with Crippen molar-refractivity contribution in [1.82, 2.24) is 19.7 Å². The molecule has 0 fully saturated rings. The fourth-order valence-electron chi connectivity index (χ4n) is 3.68. The van der Waals surface area contributed by atoms with Crippen LogP contribution in [0.1, 0.15) is 89.7 Å². The molecule has 3 aromatic rings. The molecule has 9 heteroatoms. The highest BCUT2D eigenvalue weighted by Gasteiger charge is 2.12. The largest absolute Gasteiger partial charge is 0.388 e. The fraction of sp³-hybridized carbons (Fsp3) is 0.529. The minimum absolute atomic E-state index is 0.0313. The van der Waals surface area contributed by atoms with Gasteiger partial charge in [-0.15, -0.1) is 0 Å². The van der Waals surface area contributed by atoms with Crippen LogP contribution in [0.15, 0.2) is 48.9 Å². The number of carbonyl (C=O) groups excluding carboxylic acids is 2. The molecule has 0 saturated carbocycles. The van der Waals surface area contributed by atoms with Crippen LogP contribution in [0, 0.1) is 6.92 Å². The summed E-state index contributed by atoms with van der Waals surface area (Å²) in [5, 5.41) is 7.62. The van der Waals surface area contributed by atoms with Crippen molar-refractivity contribution in [2.24, 2.45) is 0 Å². The predicted octanol–water partition coefficient (Wildman–Crippen LogP) is 8.05. The quantitative estimate of drug-likeness (QED) is 0.256. The number of ether oxygens (including phenoxy) is 1. The van der Waals surface area contributed by atoms with Gasteiger partial charge >= 0.3 is 0 Å². The predicted molar refractivity (Wildman–Crippen MR) is 183 cm³/mol. The number of aromatic nitrogens is 3. The lowest BCUT2D eigenvalue weighted by atomic mass is 9.87. The molecule has 2 aromatic heterocycles. The van der Waals surface area contributed by atoms with Gasteiger partial charge in [0, 0.05) is 39.7 Å². The van der Waals surface area contributed by atoms with Gasteiger partial charge in [-0.05, 0) is 70.7 Å². The molecule has 0 aliphatic carbocycles. The summed E-state index contributed by atoms with van der Waals surface area (Å²) in [7, 11) is 5.02. The van der Waals surface area contributed by atoms with E-state index in [0.717, 1.165) is 11.7 Å². The minimum Gasteiger partial charge on any atom is -0.388 e. The van der Waals surface area contributed by atoms with Gasteiger partial charge in [-0.2, -0.15) is 5.10 Å². The third-order valence-corrected chi connectivity index (χ3v) is 6.18.